The molecule has 0 bridgehead atoms. The van der Waals surface area contributed by atoms with Gasteiger partial charge in [-0.15, -0.1) is 11.8 Å². The number of hydrogen-bond acceptors (Lipinski definition) is 5. The number of nitrogens with one attached hydrogen (secondary N) is 1. The van der Waals surface area contributed by atoms with Crippen molar-refractivity contribution in [2.75, 3.05) is 22.5 Å². The summed E-state index contributed by atoms with van der Waals surface area (Å²) in [6, 6.07) is 12.5. The predicted molar refractivity (Wildman–Crippen MR) is 110 cm³/mol. The van der Waals surface area contributed by atoms with Crippen LogP contribution in [0.3, 0.4) is 0 Å². The highest BCUT2D eigenvalue weighted by atomic mass is 35.5. The number of carbonyl (C=O) groups excluding carboxylic acids is 3. The van der Waals surface area contributed by atoms with E-state index in [1.54, 1.807) is 30.3 Å². The number of benzene rings is 2. The molecule has 0 unspecified atom stereocenters. The first-order valence-electron chi connectivity index (χ1n) is 8.64. The largest absolute Gasteiger partial charge is 0.451 e. The van der Waals surface area contributed by atoms with Crippen molar-refractivity contribution in [2.24, 2.45) is 0 Å². The Morgan fingerprint density at radius 3 is 2.82 bits per heavy atom. The SMILES string of the molecule is Cc1ccc(Cl)cc1NC(=O)[C@@H](C)OC(=O)CN1C(=O)CSc2ccccc21. The van der Waals surface area contributed by atoms with E-state index in [9.17, 15) is 14.4 Å². The second kappa shape index (κ2) is 8.67. The minimum absolute atomic E-state index is 0.174. The molecular formula is C20H19ClN2O4S. The average Bonchev–Trinajstić information content (AvgIpc) is 2.67. The number of anilines is 2. The van der Waals surface area contributed by atoms with Crippen molar-refractivity contribution >= 4 is 52.5 Å². The van der Waals surface area contributed by atoms with Crippen LogP contribution < -0.4 is 10.2 Å². The number of thioether (sulfide) groups is 1. The molecule has 1 heterocycles. The summed E-state index contributed by atoms with van der Waals surface area (Å²) in [6.07, 6.45) is -1.02. The number of hydrogen-bond donors (Lipinski definition) is 1. The Morgan fingerprint density at radius 2 is 2.04 bits per heavy atom. The quantitative estimate of drug-likeness (QED) is 0.750. The van der Waals surface area contributed by atoms with Gasteiger partial charge in [0.2, 0.25) is 5.91 Å². The van der Waals surface area contributed by atoms with Crippen molar-refractivity contribution in [2.45, 2.75) is 24.8 Å². The molecular weight excluding hydrogens is 400 g/mol. The standard InChI is InChI=1S/C20H19ClN2O4S/c1-12-7-8-14(21)9-15(12)22-20(26)13(2)27-19(25)10-23-16-5-3-4-6-17(16)28-11-18(23)24/h3-9,13H,10-11H2,1-2H3,(H,22,26)/t13-/m1/s1. The van der Waals surface area contributed by atoms with Crippen LogP contribution in [-0.4, -0.2) is 36.2 Å². The Morgan fingerprint density at radius 1 is 1.29 bits per heavy atom. The number of fused-ring (bicyclic) bond motifs is 1. The predicted octanol–water partition coefficient (Wildman–Crippen LogP) is 3.66. The number of halogens is 1. The molecule has 1 atom stereocenters. The van der Waals surface area contributed by atoms with Crippen molar-refractivity contribution < 1.29 is 19.1 Å². The number of esters is 1. The van der Waals surface area contributed by atoms with Gasteiger partial charge in [-0.05, 0) is 43.7 Å². The van der Waals surface area contributed by atoms with Crippen LogP contribution in [0.2, 0.25) is 5.02 Å². The molecule has 2 amide bonds. The Bertz CT molecular complexity index is 934. The van der Waals surface area contributed by atoms with Crippen molar-refractivity contribution in [1.29, 1.82) is 0 Å². The van der Waals surface area contributed by atoms with Gasteiger partial charge in [-0.3, -0.25) is 19.3 Å². The zero-order valence-corrected chi connectivity index (χ0v) is 17.0. The lowest BCUT2D eigenvalue weighted by Crippen LogP contribution is -2.41. The number of amides is 2. The second-order valence-electron chi connectivity index (χ2n) is 6.32. The summed E-state index contributed by atoms with van der Waals surface area (Å²) >= 11 is 7.38. The summed E-state index contributed by atoms with van der Waals surface area (Å²) in [7, 11) is 0. The maximum absolute atomic E-state index is 12.4. The molecule has 28 heavy (non-hydrogen) atoms. The van der Waals surface area contributed by atoms with E-state index in [2.05, 4.69) is 5.32 Å². The third-order valence-electron chi connectivity index (χ3n) is 4.23. The van der Waals surface area contributed by atoms with E-state index in [4.69, 9.17) is 16.3 Å². The van der Waals surface area contributed by atoms with Gasteiger partial charge in [-0.1, -0.05) is 29.8 Å². The number of carbonyl (C=O) groups is 3. The van der Waals surface area contributed by atoms with Gasteiger partial charge in [0.05, 0.1) is 11.4 Å². The normalized spacial score (nSPS) is 14.2. The minimum Gasteiger partial charge on any atom is -0.451 e. The molecule has 0 saturated carbocycles. The minimum atomic E-state index is -1.02. The topological polar surface area (TPSA) is 75.7 Å². The fraction of sp³-hybridized carbons (Fsp3) is 0.250. The maximum Gasteiger partial charge on any atom is 0.326 e. The molecule has 0 spiro atoms. The Kier molecular flexibility index (Phi) is 6.26. The summed E-state index contributed by atoms with van der Waals surface area (Å²) in [6.45, 7) is 3.07. The fourth-order valence-corrected chi connectivity index (χ4v) is 3.82. The van der Waals surface area contributed by atoms with Crippen molar-refractivity contribution in [3.05, 3.63) is 53.1 Å². The Labute approximate surface area is 172 Å². The molecule has 8 heteroatoms. The molecule has 6 nitrogen and oxygen atoms in total. The summed E-state index contributed by atoms with van der Waals surface area (Å²) in [5, 5.41) is 3.19. The van der Waals surface area contributed by atoms with E-state index < -0.39 is 18.0 Å². The van der Waals surface area contributed by atoms with Gasteiger partial charge in [0.15, 0.2) is 6.10 Å². The van der Waals surface area contributed by atoms with Gasteiger partial charge in [0, 0.05) is 15.6 Å². The third kappa shape index (κ3) is 4.66. The van der Waals surface area contributed by atoms with Crippen molar-refractivity contribution in [1.82, 2.24) is 0 Å². The van der Waals surface area contributed by atoms with Gasteiger partial charge in [0.25, 0.3) is 5.91 Å². The first kappa shape index (κ1) is 20.2. The van der Waals surface area contributed by atoms with Gasteiger partial charge < -0.3 is 10.1 Å². The zero-order chi connectivity index (χ0) is 20.3. The lowest BCUT2D eigenvalue weighted by molar-refractivity contribution is -0.152. The molecule has 1 N–H and O–H groups in total. The zero-order valence-electron chi connectivity index (χ0n) is 15.4. The fourth-order valence-electron chi connectivity index (χ4n) is 2.71. The smallest absolute Gasteiger partial charge is 0.326 e. The molecule has 1 aliphatic heterocycles. The number of para-hydroxylation sites is 1. The van der Waals surface area contributed by atoms with E-state index in [1.807, 2.05) is 19.1 Å². The average molecular weight is 419 g/mol. The molecule has 0 radical (unpaired) electrons. The van der Waals surface area contributed by atoms with E-state index in [0.29, 0.717) is 16.4 Å². The van der Waals surface area contributed by atoms with Crippen molar-refractivity contribution in [3.63, 3.8) is 0 Å². The van der Waals surface area contributed by atoms with Crippen LogP contribution in [0, 0.1) is 6.92 Å². The number of rotatable bonds is 5. The van der Waals surface area contributed by atoms with Crippen LogP contribution in [-0.2, 0) is 19.1 Å². The summed E-state index contributed by atoms with van der Waals surface area (Å²) in [5.74, 6) is -1.04. The summed E-state index contributed by atoms with van der Waals surface area (Å²) in [5.41, 5.74) is 2.06. The molecule has 146 valence electrons. The van der Waals surface area contributed by atoms with Crippen LogP contribution in [0.25, 0.3) is 0 Å². The van der Waals surface area contributed by atoms with E-state index >= 15 is 0 Å². The Hall–Kier alpha value is -2.51. The molecule has 2 aromatic carbocycles. The van der Waals surface area contributed by atoms with Gasteiger partial charge >= 0.3 is 5.97 Å². The lowest BCUT2D eigenvalue weighted by Gasteiger charge is -2.28. The van der Waals surface area contributed by atoms with E-state index in [0.717, 1.165) is 10.5 Å². The first-order chi connectivity index (χ1) is 13.3. The number of aryl methyl sites for hydroxylation is 1. The summed E-state index contributed by atoms with van der Waals surface area (Å²) < 4.78 is 5.24. The number of ether oxygens (including phenoxy) is 1. The molecule has 0 aliphatic carbocycles. The van der Waals surface area contributed by atoms with Gasteiger partial charge in [0.1, 0.15) is 6.54 Å². The van der Waals surface area contributed by atoms with Crippen LogP contribution in [0.15, 0.2) is 47.4 Å². The van der Waals surface area contributed by atoms with Crippen LogP contribution in [0.4, 0.5) is 11.4 Å². The van der Waals surface area contributed by atoms with Gasteiger partial charge in [-0.2, -0.15) is 0 Å². The molecule has 1 aliphatic rings. The number of nitrogens with zero attached hydrogens (tertiary/aromatic N) is 1. The van der Waals surface area contributed by atoms with Crippen molar-refractivity contribution in [3.8, 4) is 0 Å². The Balaban J connectivity index is 1.62. The maximum atomic E-state index is 12.4. The van der Waals surface area contributed by atoms with E-state index in [1.165, 1.54) is 23.6 Å². The monoisotopic (exact) mass is 418 g/mol. The highest BCUT2D eigenvalue weighted by molar-refractivity contribution is 8.00. The molecule has 2 aromatic rings. The van der Waals surface area contributed by atoms with Crippen LogP contribution in [0.1, 0.15) is 12.5 Å². The van der Waals surface area contributed by atoms with E-state index in [-0.39, 0.29) is 18.2 Å². The third-order valence-corrected chi connectivity index (χ3v) is 5.51. The van der Waals surface area contributed by atoms with Crippen LogP contribution >= 0.6 is 23.4 Å². The molecule has 0 aromatic heterocycles. The lowest BCUT2D eigenvalue weighted by atomic mass is 10.2. The first-order valence-corrected chi connectivity index (χ1v) is 10.00. The highest BCUT2D eigenvalue weighted by Gasteiger charge is 2.28. The molecule has 3 rings (SSSR count). The van der Waals surface area contributed by atoms with Gasteiger partial charge in [-0.25, -0.2) is 0 Å². The molecule has 0 saturated heterocycles. The van der Waals surface area contributed by atoms with Crippen LogP contribution in [0.5, 0.6) is 0 Å². The highest BCUT2D eigenvalue weighted by Crippen LogP contribution is 2.34. The second-order valence-corrected chi connectivity index (χ2v) is 7.77. The summed E-state index contributed by atoms with van der Waals surface area (Å²) in [4.78, 5) is 39.2. The molecule has 0 fully saturated rings.